The van der Waals surface area contributed by atoms with E-state index in [1.165, 1.54) is 4.90 Å². The summed E-state index contributed by atoms with van der Waals surface area (Å²) in [5.41, 5.74) is -0.297. The molecule has 1 spiro atoms. The third kappa shape index (κ3) is 1.39. The van der Waals surface area contributed by atoms with Crippen LogP contribution in [0.3, 0.4) is 0 Å². The Kier molecular flexibility index (Phi) is 2.07. The number of benzene rings is 1. The summed E-state index contributed by atoms with van der Waals surface area (Å²) in [5.74, 6) is -0.433. The summed E-state index contributed by atoms with van der Waals surface area (Å²) in [6.45, 7) is 0.529. The number of hydrogen-bond donors (Lipinski definition) is 0. The Balaban J connectivity index is 2.00. The molecule has 5 heteroatoms. The fraction of sp³-hybridized carbons (Fsp3) is 0.333. The average molecular weight is 229 g/mol. The van der Waals surface area contributed by atoms with Gasteiger partial charge < -0.3 is 0 Å². The first-order valence-electron chi connectivity index (χ1n) is 5.54. The first-order chi connectivity index (χ1) is 8.23. The van der Waals surface area contributed by atoms with E-state index in [1.807, 2.05) is 6.07 Å². The molecule has 2 amide bonds. The smallest absolute Gasteiger partial charge is 0.264 e. The van der Waals surface area contributed by atoms with Crippen LogP contribution in [0.4, 0.5) is 5.69 Å². The van der Waals surface area contributed by atoms with Crippen molar-refractivity contribution in [2.24, 2.45) is 10.2 Å². The topological polar surface area (TPSA) is 62.1 Å². The number of imide groups is 1. The molecule has 1 aromatic rings. The van der Waals surface area contributed by atoms with Crippen LogP contribution < -0.4 is 4.90 Å². The van der Waals surface area contributed by atoms with Gasteiger partial charge in [-0.25, -0.2) is 4.90 Å². The first-order valence-corrected chi connectivity index (χ1v) is 5.54. The molecule has 0 unspecified atom stereocenters. The average Bonchev–Trinajstić information content (AvgIpc) is 2.88. The fourth-order valence-electron chi connectivity index (χ4n) is 2.31. The van der Waals surface area contributed by atoms with E-state index >= 15 is 0 Å². The SMILES string of the molecule is O=C1C[C@@]2(CCN=N2)C(=O)N1c1ccccc1. The molecule has 1 fully saturated rings. The van der Waals surface area contributed by atoms with E-state index in [0.29, 0.717) is 18.7 Å². The summed E-state index contributed by atoms with van der Waals surface area (Å²) in [7, 11) is 0. The molecular formula is C12H11N3O2. The van der Waals surface area contributed by atoms with Crippen molar-refractivity contribution in [2.75, 3.05) is 11.4 Å². The van der Waals surface area contributed by atoms with Gasteiger partial charge in [0.25, 0.3) is 5.91 Å². The van der Waals surface area contributed by atoms with Crippen LogP contribution in [0.1, 0.15) is 12.8 Å². The zero-order valence-electron chi connectivity index (χ0n) is 9.17. The normalized spacial score (nSPS) is 27.4. The molecule has 2 heterocycles. The van der Waals surface area contributed by atoms with E-state index in [2.05, 4.69) is 10.2 Å². The standard InChI is InChI=1S/C12H11N3O2/c16-10-8-12(6-7-13-14-12)11(17)15(10)9-4-2-1-3-5-9/h1-5H,6-8H2/t12-/m0/s1. The van der Waals surface area contributed by atoms with Gasteiger partial charge in [0.1, 0.15) is 0 Å². The molecule has 5 nitrogen and oxygen atoms in total. The van der Waals surface area contributed by atoms with Gasteiger partial charge in [-0.3, -0.25) is 9.59 Å². The monoisotopic (exact) mass is 229 g/mol. The number of amides is 2. The molecule has 1 atom stereocenters. The Labute approximate surface area is 98.1 Å². The first kappa shape index (κ1) is 10.1. The van der Waals surface area contributed by atoms with Crippen molar-refractivity contribution >= 4 is 17.5 Å². The minimum atomic E-state index is -0.910. The maximum atomic E-state index is 12.3. The van der Waals surface area contributed by atoms with Crippen molar-refractivity contribution in [1.29, 1.82) is 0 Å². The highest BCUT2D eigenvalue weighted by molar-refractivity contribution is 6.24. The molecule has 0 aliphatic carbocycles. The summed E-state index contributed by atoms with van der Waals surface area (Å²) in [6.07, 6.45) is 0.686. The Bertz CT molecular complexity index is 512. The van der Waals surface area contributed by atoms with Crippen LogP contribution in [-0.2, 0) is 9.59 Å². The fourth-order valence-corrected chi connectivity index (χ4v) is 2.31. The van der Waals surface area contributed by atoms with Crippen molar-refractivity contribution in [1.82, 2.24) is 0 Å². The summed E-state index contributed by atoms with van der Waals surface area (Å²) >= 11 is 0. The predicted molar refractivity (Wildman–Crippen MR) is 60.6 cm³/mol. The van der Waals surface area contributed by atoms with Gasteiger partial charge in [0, 0.05) is 6.42 Å². The zero-order valence-corrected chi connectivity index (χ0v) is 9.17. The molecule has 0 bridgehead atoms. The molecule has 1 aromatic carbocycles. The van der Waals surface area contributed by atoms with Gasteiger partial charge in [-0.1, -0.05) is 18.2 Å². The van der Waals surface area contributed by atoms with E-state index in [-0.39, 0.29) is 18.2 Å². The number of carbonyl (C=O) groups is 2. The molecule has 0 aromatic heterocycles. The van der Waals surface area contributed by atoms with Gasteiger partial charge in [-0.15, -0.1) is 0 Å². The van der Waals surface area contributed by atoms with Gasteiger partial charge in [0.15, 0.2) is 5.54 Å². The van der Waals surface area contributed by atoms with Crippen molar-refractivity contribution in [2.45, 2.75) is 18.4 Å². The molecule has 1 saturated heterocycles. The van der Waals surface area contributed by atoms with Crippen molar-refractivity contribution in [3.05, 3.63) is 30.3 Å². The number of nitrogens with zero attached hydrogens (tertiary/aromatic N) is 3. The van der Waals surface area contributed by atoms with E-state index < -0.39 is 5.54 Å². The highest BCUT2D eigenvalue weighted by atomic mass is 16.2. The van der Waals surface area contributed by atoms with Crippen LogP contribution in [0.5, 0.6) is 0 Å². The molecule has 0 N–H and O–H groups in total. The largest absolute Gasteiger partial charge is 0.274 e. The number of azo groups is 1. The third-order valence-electron chi connectivity index (χ3n) is 3.20. The quantitative estimate of drug-likeness (QED) is 0.686. The summed E-state index contributed by atoms with van der Waals surface area (Å²) in [6, 6.07) is 8.95. The van der Waals surface area contributed by atoms with Crippen LogP contribution in [0.2, 0.25) is 0 Å². The third-order valence-corrected chi connectivity index (χ3v) is 3.20. The number of rotatable bonds is 1. The molecule has 3 rings (SSSR count). The Morgan fingerprint density at radius 2 is 1.94 bits per heavy atom. The van der Waals surface area contributed by atoms with Crippen LogP contribution in [0, 0.1) is 0 Å². The van der Waals surface area contributed by atoms with E-state index in [0.717, 1.165) is 0 Å². The number of carbonyl (C=O) groups excluding carboxylic acids is 2. The van der Waals surface area contributed by atoms with Gasteiger partial charge in [0.2, 0.25) is 5.91 Å². The van der Waals surface area contributed by atoms with Crippen LogP contribution in [-0.4, -0.2) is 23.9 Å². The van der Waals surface area contributed by atoms with E-state index in [1.54, 1.807) is 24.3 Å². The molecule has 0 saturated carbocycles. The van der Waals surface area contributed by atoms with Crippen LogP contribution >= 0.6 is 0 Å². The second-order valence-corrected chi connectivity index (χ2v) is 4.29. The molecule has 0 radical (unpaired) electrons. The number of anilines is 1. The summed E-state index contributed by atoms with van der Waals surface area (Å²) in [4.78, 5) is 25.5. The Morgan fingerprint density at radius 1 is 1.18 bits per heavy atom. The minimum Gasteiger partial charge on any atom is -0.274 e. The van der Waals surface area contributed by atoms with Crippen LogP contribution in [0.15, 0.2) is 40.6 Å². The lowest BCUT2D eigenvalue weighted by Gasteiger charge is -2.17. The molecule has 17 heavy (non-hydrogen) atoms. The highest BCUT2D eigenvalue weighted by Crippen LogP contribution is 2.37. The van der Waals surface area contributed by atoms with Crippen LogP contribution in [0.25, 0.3) is 0 Å². The Hall–Kier alpha value is -2.04. The van der Waals surface area contributed by atoms with E-state index in [9.17, 15) is 9.59 Å². The summed E-state index contributed by atoms with van der Waals surface area (Å²) < 4.78 is 0. The maximum Gasteiger partial charge on any atom is 0.264 e. The second-order valence-electron chi connectivity index (χ2n) is 4.29. The van der Waals surface area contributed by atoms with E-state index in [4.69, 9.17) is 0 Å². The minimum absolute atomic E-state index is 0.143. The van der Waals surface area contributed by atoms with Gasteiger partial charge in [0.05, 0.1) is 18.7 Å². The summed E-state index contributed by atoms with van der Waals surface area (Å²) in [5, 5.41) is 7.84. The lowest BCUT2D eigenvalue weighted by atomic mass is 9.96. The molecule has 86 valence electrons. The van der Waals surface area contributed by atoms with Crippen molar-refractivity contribution < 1.29 is 9.59 Å². The number of hydrogen-bond acceptors (Lipinski definition) is 4. The van der Waals surface area contributed by atoms with Gasteiger partial charge in [-0.05, 0) is 12.1 Å². The van der Waals surface area contributed by atoms with Gasteiger partial charge in [-0.2, -0.15) is 10.2 Å². The maximum absolute atomic E-state index is 12.3. The van der Waals surface area contributed by atoms with Crippen molar-refractivity contribution in [3.63, 3.8) is 0 Å². The lowest BCUT2D eigenvalue weighted by Crippen LogP contribution is -2.38. The van der Waals surface area contributed by atoms with Crippen molar-refractivity contribution in [3.8, 4) is 0 Å². The second kappa shape index (κ2) is 3.48. The molecular weight excluding hydrogens is 218 g/mol. The Morgan fingerprint density at radius 3 is 2.59 bits per heavy atom. The van der Waals surface area contributed by atoms with Gasteiger partial charge >= 0.3 is 0 Å². The molecule has 2 aliphatic rings. The lowest BCUT2D eigenvalue weighted by molar-refractivity contribution is -0.122. The highest BCUT2D eigenvalue weighted by Gasteiger charge is 2.54. The molecule has 2 aliphatic heterocycles. The number of para-hydroxylation sites is 1. The zero-order chi connectivity index (χ0) is 11.9. The predicted octanol–water partition coefficient (Wildman–Crippen LogP) is 1.54.